The van der Waals surface area contributed by atoms with Crippen molar-refractivity contribution in [2.45, 2.75) is 116 Å². The molecule has 2 aromatic rings. The molecule has 0 bridgehead atoms. The fraction of sp³-hybridized carbons (Fsp3) is 0.529. The number of hydrogen-bond donors (Lipinski definition) is 1. The van der Waals surface area contributed by atoms with E-state index in [9.17, 15) is 19.2 Å². The summed E-state index contributed by atoms with van der Waals surface area (Å²) in [6.07, 6.45) is 10.2. The fourth-order valence-corrected chi connectivity index (χ4v) is 5.31. The predicted octanol–water partition coefficient (Wildman–Crippen LogP) is 7.83. The minimum atomic E-state index is -1.98. The molecule has 6 nitrogen and oxygen atoms in total. The van der Waals surface area contributed by atoms with Crippen LogP contribution in [0.2, 0.25) is 0 Å². The Hall–Kier alpha value is -3.28. The van der Waals surface area contributed by atoms with Gasteiger partial charge in [-0.05, 0) is 30.4 Å². The second kappa shape index (κ2) is 14.9. The van der Waals surface area contributed by atoms with Crippen LogP contribution in [-0.4, -0.2) is 23.4 Å². The maximum Gasteiger partial charge on any atom is 0.311 e. The molecular formula is C34H45NO5. The Morgan fingerprint density at radius 2 is 1.32 bits per heavy atom. The summed E-state index contributed by atoms with van der Waals surface area (Å²) in [4.78, 5) is 54.3. The van der Waals surface area contributed by atoms with Crippen molar-refractivity contribution in [2.24, 2.45) is 0 Å². The number of rotatable bonds is 16. The highest BCUT2D eigenvalue weighted by Crippen LogP contribution is 2.43. The van der Waals surface area contributed by atoms with E-state index < -0.39 is 23.1 Å². The molecule has 0 unspecified atom stereocenters. The van der Waals surface area contributed by atoms with Crippen molar-refractivity contribution < 1.29 is 23.9 Å². The van der Waals surface area contributed by atoms with Gasteiger partial charge < -0.3 is 10.1 Å². The number of hydrogen-bond acceptors (Lipinski definition) is 5. The maximum atomic E-state index is 14.0. The molecule has 0 saturated heterocycles. The average Bonchev–Trinajstić information content (AvgIpc) is 3.15. The molecule has 6 heteroatoms. The van der Waals surface area contributed by atoms with Crippen molar-refractivity contribution >= 4 is 23.4 Å². The van der Waals surface area contributed by atoms with Gasteiger partial charge in [-0.25, -0.2) is 0 Å². The predicted molar refractivity (Wildman–Crippen MR) is 158 cm³/mol. The highest BCUT2D eigenvalue weighted by atomic mass is 16.5. The number of nitrogens with one attached hydrogen (secondary N) is 1. The zero-order chi connectivity index (χ0) is 29.1. The number of Topliss-reactive ketones (excluding diaryl/α,β-unsaturated/α-hetero) is 2. The van der Waals surface area contributed by atoms with E-state index in [1.165, 1.54) is 0 Å². The van der Waals surface area contributed by atoms with Crippen LogP contribution in [0.5, 0.6) is 5.75 Å². The number of amides is 1. The molecule has 1 aliphatic rings. The van der Waals surface area contributed by atoms with Gasteiger partial charge in [-0.15, -0.1) is 0 Å². The minimum absolute atomic E-state index is 0.126. The van der Waals surface area contributed by atoms with E-state index in [1.54, 1.807) is 36.4 Å². The molecule has 0 heterocycles. The molecule has 0 aromatic heterocycles. The van der Waals surface area contributed by atoms with Gasteiger partial charge in [0.2, 0.25) is 17.5 Å². The van der Waals surface area contributed by atoms with E-state index in [0.29, 0.717) is 12.8 Å². The second-order valence-corrected chi connectivity index (χ2v) is 11.2. The molecule has 0 radical (unpaired) electrons. The zero-order valence-electron chi connectivity index (χ0n) is 24.6. The van der Waals surface area contributed by atoms with Crippen molar-refractivity contribution in [3.05, 3.63) is 64.7 Å². The van der Waals surface area contributed by atoms with Crippen LogP contribution >= 0.6 is 0 Å². The molecule has 216 valence electrons. The van der Waals surface area contributed by atoms with Crippen molar-refractivity contribution in [1.29, 1.82) is 0 Å². The first-order chi connectivity index (χ1) is 19.3. The lowest BCUT2D eigenvalue weighted by atomic mass is 9.82. The lowest BCUT2D eigenvalue weighted by molar-refractivity contribution is -0.134. The minimum Gasteiger partial charge on any atom is -0.426 e. The van der Waals surface area contributed by atoms with Crippen LogP contribution in [0.3, 0.4) is 0 Å². The molecule has 3 rings (SSSR count). The lowest BCUT2D eigenvalue weighted by Gasteiger charge is -2.30. The molecular weight excluding hydrogens is 502 g/mol. The zero-order valence-corrected chi connectivity index (χ0v) is 24.6. The number of carbonyl (C=O) groups excluding carboxylic acids is 4. The molecule has 0 atom stereocenters. The number of ether oxygens (including phenoxy) is 1. The Labute approximate surface area is 239 Å². The summed E-state index contributed by atoms with van der Waals surface area (Å²) < 4.78 is 5.89. The standard InChI is InChI=1S/C34H45NO5/c1-5-7-9-11-13-19-30(36)35-34(32(38)26-17-15-16-18-27(26)33(34)39)28-22-21-25(24(3)4)23-29(28)40-31(37)20-14-12-10-8-6-2/h15-18,21-24H,5-14,19-20H2,1-4H3,(H,35,36). The van der Waals surface area contributed by atoms with Crippen molar-refractivity contribution in [1.82, 2.24) is 5.32 Å². The van der Waals surface area contributed by atoms with E-state index in [0.717, 1.165) is 56.9 Å². The van der Waals surface area contributed by atoms with E-state index >= 15 is 0 Å². The highest BCUT2D eigenvalue weighted by molar-refractivity contribution is 6.34. The number of esters is 1. The van der Waals surface area contributed by atoms with Gasteiger partial charge in [-0.3, -0.25) is 19.2 Å². The summed E-state index contributed by atoms with van der Waals surface area (Å²) in [5.41, 5.74) is -0.339. The summed E-state index contributed by atoms with van der Waals surface area (Å²) in [6, 6.07) is 11.9. The molecule has 1 N–H and O–H groups in total. The Bertz CT molecular complexity index is 1160. The first-order valence-electron chi connectivity index (χ1n) is 15.1. The first-order valence-corrected chi connectivity index (χ1v) is 15.1. The fourth-order valence-electron chi connectivity index (χ4n) is 5.31. The molecule has 1 aliphatic carbocycles. The van der Waals surface area contributed by atoms with Gasteiger partial charge in [0.25, 0.3) is 0 Å². The van der Waals surface area contributed by atoms with E-state index in [4.69, 9.17) is 4.74 Å². The molecule has 0 fully saturated rings. The number of ketones is 2. The molecule has 40 heavy (non-hydrogen) atoms. The van der Waals surface area contributed by atoms with Gasteiger partial charge in [-0.1, -0.05) is 115 Å². The smallest absolute Gasteiger partial charge is 0.311 e. The van der Waals surface area contributed by atoms with Crippen LogP contribution in [0.1, 0.15) is 143 Å². The Morgan fingerprint density at radius 3 is 1.88 bits per heavy atom. The first kappa shape index (κ1) is 31.3. The van der Waals surface area contributed by atoms with Gasteiger partial charge in [0.05, 0.1) is 0 Å². The summed E-state index contributed by atoms with van der Waals surface area (Å²) >= 11 is 0. The topological polar surface area (TPSA) is 89.5 Å². The molecule has 0 aliphatic heterocycles. The van der Waals surface area contributed by atoms with Crippen LogP contribution in [0.25, 0.3) is 0 Å². The Balaban J connectivity index is 1.98. The third kappa shape index (κ3) is 7.26. The third-order valence-corrected chi connectivity index (χ3v) is 7.72. The van der Waals surface area contributed by atoms with Crippen LogP contribution in [0, 0.1) is 0 Å². The van der Waals surface area contributed by atoms with Gasteiger partial charge in [0.15, 0.2) is 5.54 Å². The van der Waals surface area contributed by atoms with Crippen LogP contribution < -0.4 is 10.1 Å². The van der Waals surface area contributed by atoms with Gasteiger partial charge in [0, 0.05) is 29.5 Å². The average molecular weight is 548 g/mol. The SMILES string of the molecule is CCCCCCCC(=O)NC1(c2ccc(C(C)C)cc2OC(=O)CCCCCCC)C(=O)c2ccccc2C1=O. The van der Waals surface area contributed by atoms with E-state index in [2.05, 4.69) is 19.2 Å². The Morgan fingerprint density at radius 1 is 0.775 bits per heavy atom. The van der Waals surface area contributed by atoms with Crippen molar-refractivity contribution in [3.63, 3.8) is 0 Å². The van der Waals surface area contributed by atoms with Gasteiger partial charge >= 0.3 is 5.97 Å². The number of unbranched alkanes of at least 4 members (excludes halogenated alkanes) is 8. The number of benzene rings is 2. The molecule has 1 amide bonds. The highest BCUT2D eigenvalue weighted by Gasteiger charge is 2.56. The van der Waals surface area contributed by atoms with Gasteiger partial charge in [-0.2, -0.15) is 0 Å². The number of carbonyl (C=O) groups is 4. The van der Waals surface area contributed by atoms with E-state index in [-0.39, 0.29) is 47.1 Å². The van der Waals surface area contributed by atoms with Crippen LogP contribution in [0.15, 0.2) is 42.5 Å². The van der Waals surface area contributed by atoms with Crippen LogP contribution in [0.4, 0.5) is 0 Å². The monoisotopic (exact) mass is 547 g/mol. The number of fused-ring (bicyclic) bond motifs is 1. The maximum absolute atomic E-state index is 14.0. The lowest BCUT2D eigenvalue weighted by Crippen LogP contribution is -2.54. The van der Waals surface area contributed by atoms with Crippen molar-refractivity contribution in [2.75, 3.05) is 0 Å². The van der Waals surface area contributed by atoms with E-state index in [1.807, 2.05) is 19.9 Å². The summed E-state index contributed by atoms with van der Waals surface area (Å²) in [5.74, 6) is -1.49. The van der Waals surface area contributed by atoms with Crippen LogP contribution in [-0.2, 0) is 15.1 Å². The summed E-state index contributed by atoms with van der Waals surface area (Å²) in [6.45, 7) is 8.31. The Kier molecular flexibility index (Phi) is 11.7. The second-order valence-electron chi connectivity index (χ2n) is 11.2. The third-order valence-electron chi connectivity index (χ3n) is 7.72. The van der Waals surface area contributed by atoms with Gasteiger partial charge in [0.1, 0.15) is 5.75 Å². The molecule has 0 spiro atoms. The summed E-state index contributed by atoms with van der Waals surface area (Å²) in [5, 5.41) is 2.85. The largest absolute Gasteiger partial charge is 0.426 e. The normalized spacial score (nSPS) is 13.9. The quantitative estimate of drug-likeness (QED) is 0.100. The summed E-state index contributed by atoms with van der Waals surface area (Å²) in [7, 11) is 0. The van der Waals surface area contributed by atoms with Crippen molar-refractivity contribution in [3.8, 4) is 5.75 Å². The molecule has 2 aromatic carbocycles. The molecule has 0 saturated carbocycles.